The monoisotopic (exact) mass is 242 g/mol. The summed E-state index contributed by atoms with van der Waals surface area (Å²) in [6.07, 6.45) is 3.60. The SMILES string of the molecule is N#Cc1cccnc1N1CCCC2C(=O)NCC21. The van der Waals surface area contributed by atoms with Crippen LogP contribution in [0.1, 0.15) is 18.4 Å². The lowest BCUT2D eigenvalue weighted by atomic mass is 9.91. The van der Waals surface area contributed by atoms with Crippen LogP contribution < -0.4 is 10.2 Å². The van der Waals surface area contributed by atoms with E-state index in [1.54, 1.807) is 18.3 Å². The fraction of sp³-hybridized carbons (Fsp3) is 0.462. The number of rotatable bonds is 1. The topological polar surface area (TPSA) is 69.0 Å². The first kappa shape index (κ1) is 11.0. The molecular weight excluding hydrogens is 228 g/mol. The molecule has 2 saturated heterocycles. The van der Waals surface area contributed by atoms with Gasteiger partial charge in [-0.15, -0.1) is 0 Å². The minimum Gasteiger partial charge on any atom is -0.354 e. The van der Waals surface area contributed by atoms with Gasteiger partial charge in [0, 0.05) is 19.3 Å². The van der Waals surface area contributed by atoms with Crippen LogP contribution in [0.4, 0.5) is 5.82 Å². The van der Waals surface area contributed by atoms with Gasteiger partial charge in [0.1, 0.15) is 11.9 Å². The van der Waals surface area contributed by atoms with Crippen molar-refractivity contribution in [3.63, 3.8) is 0 Å². The van der Waals surface area contributed by atoms with Crippen molar-refractivity contribution in [1.29, 1.82) is 5.26 Å². The number of anilines is 1. The van der Waals surface area contributed by atoms with Gasteiger partial charge in [0.05, 0.1) is 17.5 Å². The summed E-state index contributed by atoms with van der Waals surface area (Å²) in [7, 11) is 0. The lowest BCUT2D eigenvalue weighted by Gasteiger charge is -2.37. The maximum absolute atomic E-state index is 11.7. The van der Waals surface area contributed by atoms with E-state index in [1.165, 1.54) is 0 Å². The number of piperidine rings is 1. The molecule has 1 aromatic rings. The van der Waals surface area contributed by atoms with Crippen LogP contribution in [0, 0.1) is 17.2 Å². The zero-order valence-corrected chi connectivity index (χ0v) is 9.97. The number of nitrogens with zero attached hydrogens (tertiary/aromatic N) is 3. The van der Waals surface area contributed by atoms with Crippen LogP contribution in [0.3, 0.4) is 0 Å². The largest absolute Gasteiger partial charge is 0.354 e. The summed E-state index contributed by atoms with van der Waals surface area (Å²) in [6.45, 7) is 1.52. The summed E-state index contributed by atoms with van der Waals surface area (Å²) in [4.78, 5) is 18.2. The normalized spacial score (nSPS) is 26.4. The van der Waals surface area contributed by atoms with Crippen molar-refractivity contribution in [3.05, 3.63) is 23.9 Å². The van der Waals surface area contributed by atoms with E-state index < -0.39 is 0 Å². The smallest absolute Gasteiger partial charge is 0.225 e. The Balaban J connectivity index is 1.96. The zero-order valence-electron chi connectivity index (χ0n) is 9.97. The lowest BCUT2D eigenvalue weighted by molar-refractivity contribution is -0.122. The Morgan fingerprint density at radius 1 is 1.56 bits per heavy atom. The molecule has 1 aromatic heterocycles. The number of carbonyl (C=O) groups excluding carboxylic acids is 1. The fourth-order valence-corrected chi connectivity index (χ4v) is 2.93. The number of nitrogens with one attached hydrogen (secondary N) is 1. The quantitative estimate of drug-likeness (QED) is 0.785. The first-order valence-electron chi connectivity index (χ1n) is 6.20. The standard InChI is InChI=1S/C13H14N4O/c14-7-9-3-1-5-15-12(9)17-6-2-4-10-11(17)8-16-13(10)18/h1,3,5,10-11H,2,4,6,8H2,(H,16,18). The molecular formula is C13H14N4O. The van der Waals surface area contributed by atoms with E-state index in [9.17, 15) is 4.79 Å². The van der Waals surface area contributed by atoms with Gasteiger partial charge in [-0.05, 0) is 25.0 Å². The molecule has 3 heterocycles. The van der Waals surface area contributed by atoms with Crippen molar-refractivity contribution in [2.75, 3.05) is 18.0 Å². The van der Waals surface area contributed by atoms with E-state index in [-0.39, 0.29) is 17.9 Å². The van der Waals surface area contributed by atoms with Crippen molar-refractivity contribution in [1.82, 2.24) is 10.3 Å². The predicted molar refractivity (Wildman–Crippen MR) is 65.8 cm³/mol. The van der Waals surface area contributed by atoms with Gasteiger partial charge in [-0.2, -0.15) is 5.26 Å². The highest BCUT2D eigenvalue weighted by molar-refractivity contribution is 5.83. The molecule has 0 radical (unpaired) electrons. The third-order valence-corrected chi connectivity index (χ3v) is 3.78. The number of amides is 1. The molecule has 2 fully saturated rings. The predicted octanol–water partition coefficient (Wildman–Crippen LogP) is 0.668. The van der Waals surface area contributed by atoms with Crippen molar-refractivity contribution in [2.45, 2.75) is 18.9 Å². The fourth-order valence-electron chi connectivity index (χ4n) is 2.93. The molecule has 3 rings (SSSR count). The number of nitriles is 1. The van der Waals surface area contributed by atoms with Crippen LogP contribution >= 0.6 is 0 Å². The second kappa shape index (κ2) is 4.30. The summed E-state index contributed by atoms with van der Waals surface area (Å²) >= 11 is 0. The Morgan fingerprint density at radius 2 is 2.44 bits per heavy atom. The summed E-state index contributed by atoms with van der Waals surface area (Å²) in [5.41, 5.74) is 0.581. The van der Waals surface area contributed by atoms with Gasteiger partial charge < -0.3 is 10.2 Å². The second-order valence-electron chi connectivity index (χ2n) is 4.74. The Hall–Kier alpha value is -2.09. The molecule has 0 spiro atoms. The maximum Gasteiger partial charge on any atom is 0.225 e. The van der Waals surface area contributed by atoms with E-state index in [2.05, 4.69) is 21.3 Å². The molecule has 92 valence electrons. The minimum absolute atomic E-state index is 0.0484. The molecule has 0 bridgehead atoms. The van der Waals surface area contributed by atoms with Crippen molar-refractivity contribution >= 4 is 11.7 Å². The van der Waals surface area contributed by atoms with E-state index in [4.69, 9.17) is 5.26 Å². The van der Waals surface area contributed by atoms with Gasteiger partial charge in [-0.25, -0.2) is 4.98 Å². The molecule has 0 saturated carbocycles. The first-order chi connectivity index (χ1) is 8.81. The van der Waals surface area contributed by atoms with E-state index in [0.717, 1.165) is 19.4 Å². The van der Waals surface area contributed by atoms with Gasteiger partial charge in [-0.1, -0.05) is 0 Å². The lowest BCUT2D eigenvalue weighted by Crippen LogP contribution is -2.46. The number of carbonyl (C=O) groups is 1. The molecule has 5 nitrogen and oxygen atoms in total. The van der Waals surface area contributed by atoms with E-state index >= 15 is 0 Å². The Morgan fingerprint density at radius 3 is 3.28 bits per heavy atom. The highest BCUT2D eigenvalue weighted by atomic mass is 16.2. The third kappa shape index (κ3) is 1.61. The maximum atomic E-state index is 11.7. The number of pyridine rings is 1. The molecule has 0 aliphatic carbocycles. The zero-order chi connectivity index (χ0) is 12.5. The number of fused-ring (bicyclic) bond motifs is 1. The average molecular weight is 242 g/mol. The molecule has 1 amide bonds. The van der Waals surface area contributed by atoms with Gasteiger partial charge >= 0.3 is 0 Å². The van der Waals surface area contributed by atoms with E-state index in [0.29, 0.717) is 17.9 Å². The van der Waals surface area contributed by atoms with Gasteiger partial charge in [0.2, 0.25) is 5.91 Å². The average Bonchev–Trinajstić information content (AvgIpc) is 2.81. The Bertz CT molecular complexity index is 522. The molecule has 2 aliphatic heterocycles. The summed E-state index contributed by atoms with van der Waals surface area (Å²) in [5, 5.41) is 12.0. The van der Waals surface area contributed by atoms with E-state index in [1.807, 2.05) is 0 Å². The number of hydrogen-bond donors (Lipinski definition) is 1. The summed E-state index contributed by atoms with van der Waals surface area (Å²) < 4.78 is 0. The Labute approximate surface area is 105 Å². The highest BCUT2D eigenvalue weighted by Gasteiger charge is 2.41. The molecule has 5 heteroatoms. The first-order valence-corrected chi connectivity index (χ1v) is 6.20. The summed E-state index contributed by atoms with van der Waals surface area (Å²) in [5.74, 6) is 0.901. The molecule has 18 heavy (non-hydrogen) atoms. The molecule has 1 N–H and O–H groups in total. The number of aromatic nitrogens is 1. The van der Waals surface area contributed by atoms with Crippen LogP contribution in [0.5, 0.6) is 0 Å². The van der Waals surface area contributed by atoms with Crippen LogP contribution in [-0.2, 0) is 4.79 Å². The number of hydrogen-bond acceptors (Lipinski definition) is 4. The summed E-state index contributed by atoms with van der Waals surface area (Å²) in [6, 6.07) is 5.86. The minimum atomic E-state index is 0.0484. The van der Waals surface area contributed by atoms with Crippen molar-refractivity contribution in [3.8, 4) is 6.07 Å². The van der Waals surface area contributed by atoms with Crippen LogP contribution in [0.25, 0.3) is 0 Å². The molecule has 0 aromatic carbocycles. The molecule has 2 atom stereocenters. The van der Waals surface area contributed by atoms with Gasteiger partial charge in [0.25, 0.3) is 0 Å². The van der Waals surface area contributed by atoms with Gasteiger partial charge in [-0.3, -0.25) is 4.79 Å². The van der Waals surface area contributed by atoms with Gasteiger partial charge in [0.15, 0.2) is 0 Å². The van der Waals surface area contributed by atoms with Crippen LogP contribution in [0.2, 0.25) is 0 Å². The van der Waals surface area contributed by atoms with Crippen molar-refractivity contribution < 1.29 is 4.79 Å². The van der Waals surface area contributed by atoms with Crippen LogP contribution in [0.15, 0.2) is 18.3 Å². The second-order valence-corrected chi connectivity index (χ2v) is 4.74. The molecule has 2 aliphatic rings. The van der Waals surface area contributed by atoms with Crippen molar-refractivity contribution in [2.24, 2.45) is 5.92 Å². The third-order valence-electron chi connectivity index (χ3n) is 3.78. The Kier molecular flexibility index (Phi) is 2.63. The van der Waals surface area contributed by atoms with Crippen LogP contribution in [-0.4, -0.2) is 30.0 Å². The highest BCUT2D eigenvalue weighted by Crippen LogP contribution is 2.31. The molecule has 2 unspecified atom stereocenters.